The van der Waals surface area contributed by atoms with E-state index in [0.717, 1.165) is 45.3 Å². The van der Waals surface area contributed by atoms with E-state index in [1.165, 1.54) is 0 Å². The molecule has 0 aromatic rings. The van der Waals surface area contributed by atoms with Crippen LogP contribution in [0.1, 0.15) is 39.0 Å². The summed E-state index contributed by atoms with van der Waals surface area (Å²) in [6.07, 6.45) is 4.61. The maximum atomic E-state index is 12.3. The van der Waals surface area contributed by atoms with Crippen LogP contribution in [0.5, 0.6) is 0 Å². The molecule has 0 radical (unpaired) electrons. The fourth-order valence-corrected chi connectivity index (χ4v) is 5.15. The number of fused-ring (bicyclic) bond motifs is 2. The molecule has 0 aliphatic carbocycles. The Labute approximate surface area is 149 Å². The second-order valence-electron chi connectivity index (χ2n) is 8.07. The Hall–Kier alpha value is -1.34. The largest absolute Gasteiger partial charge is 0.450 e. The number of likely N-dealkylation sites (tertiary alicyclic amines) is 1. The first-order chi connectivity index (χ1) is 12.1. The highest BCUT2D eigenvalue weighted by atomic mass is 16.6. The number of piperidine rings is 2. The molecule has 25 heavy (non-hydrogen) atoms. The van der Waals surface area contributed by atoms with Crippen LogP contribution in [0.15, 0.2) is 0 Å². The lowest BCUT2D eigenvalue weighted by atomic mass is 9.76. The van der Waals surface area contributed by atoms with E-state index in [2.05, 4.69) is 10.2 Å². The summed E-state index contributed by atoms with van der Waals surface area (Å²) in [7, 11) is 0. The van der Waals surface area contributed by atoms with Gasteiger partial charge in [0.2, 0.25) is 5.91 Å². The third-order valence-electron chi connectivity index (χ3n) is 6.55. The molecule has 7 nitrogen and oxygen atoms in total. The van der Waals surface area contributed by atoms with Crippen LogP contribution in [0.2, 0.25) is 0 Å². The van der Waals surface area contributed by atoms with E-state index in [-0.39, 0.29) is 29.5 Å². The summed E-state index contributed by atoms with van der Waals surface area (Å²) in [5.74, 6) is 0.211. The Morgan fingerprint density at radius 3 is 2.48 bits per heavy atom. The molecule has 4 rings (SSSR count). The topological polar surface area (TPSA) is 71.1 Å². The van der Waals surface area contributed by atoms with Gasteiger partial charge in [-0.05, 0) is 51.1 Å². The van der Waals surface area contributed by atoms with Crippen molar-refractivity contribution in [2.24, 2.45) is 5.41 Å². The van der Waals surface area contributed by atoms with Crippen LogP contribution in [0.3, 0.4) is 0 Å². The molecule has 2 amide bonds. The van der Waals surface area contributed by atoms with Crippen molar-refractivity contribution in [3.8, 4) is 0 Å². The van der Waals surface area contributed by atoms with Crippen molar-refractivity contribution in [2.75, 3.05) is 39.5 Å². The maximum Gasteiger partial charge on any atom is 0.410 e. The zero-order chi connectivity index (χ0) is 17.4. The maximum absolute atomic E-state index is 12.3. The number of amides is 2. The average Bonchev–Trinajstić information content (AvgIpc) is 2.95. The van der Waals surface area contributed by atoms with Crippen LogP contribution in [-0.2, 0) is 14.3 Å². The normalized spacial score (nSPS) is 34.8. The van der Waals surface area contributed by atoms with Crippen molar-refractivity contribution in [1.82, 2.24) is 15.1 Å². The minimum Gasteiger partial charge on any atom is -0.450 e. The molecule has 4 saturated heterocycles. The summed E-state index contributed by atoms with van der Waals surface area (Å²) < 4.78 is 11.0. The third kappa shape index (κ3) is 3.24. The quantitative estimate of drug-likeness (QED) is 0.803. The first-order valence-corrected chi connectivity index (χ1v) is 9.64. The van der Waals surface area contributed by atoms with Gasteiger partial charge in [-0.15, -0.1) is 0 Å². The lowest BCUT2D eigenvalue weighted by molar-refractivity contribution is -0.120. The van der Waals surface area contributed by atoms with Gasteiger partial charge in [-0.25, -0.2) is 4.79 Å². The van der Waals surface area contributed by atoms with Crippen LogP contribution in [0, 0.1) is 5.41 Å². The molecule has 4 heterocycles. The van der Waals surface area contributed by atoms with E-state index >= 15 is 0 Å². The van der Waals surface area contributed by atoms with Crippen molar-refractivity contribution in [3.05, 3.63) is 0 Å². The molecular formula is C18H29N3O4. The molecular weight excluding hydrogens is 322 g/mol. The summed E-state index contributed by atoms with van der Waals surface area (Å²) in [5.41, 5.74) is 0.193. The van der Waals surface area contributed by atoms with Gasteiger partial charge in [0.15, 0.2) is 0 Å². The second kappa shape index (κ2) is 6.76. The summed E-state index contributed by atoms with van der Waals surface area (Å²) in [6.45, 7) is 6.45. The molecule has 7 heteroatoms. The fraction of sp³-hybridized carbons (Fsp3) is 0.889. The van der Waals surface area contributed by atoms with Crippen LogP contribution < -0.4 is 5.32 Å². The molecule has 0 saturated carbocycles. The smallest absolute Gasteiger partial charge is 0.410 e. The highest BCUT2D eigenvalue weighted by Gasteiger charge is 2.46. The molecule has 0 aromatic carbocycles. The van der Waals surface area contributed by atoms with Crippen molar-refractivity contribution in [1.29, 1.82) is 0 Å². The van der Waals surface area contributed by atoms with E-state index in [4.69, 9.17) is 9.47 Å². The van der Waals surface area contributed by atoms with E-state index < -0.39 is 0 Å². The average molecular weight is 351 g/mol. The highest BCUT2D eigenvalue weighted by molar-refractivity contribution is 5.79. The number of carbonyl (C=O) groups is 2. The highest BCUT2D eigenvalue weighted by Crippen LogP contribution is 2.40. The molecule has 2 bridgehead atoms. The van der Waals surface area contributed by atoms with Gasteiger partial charge in [0.25, 0.3) is 0 Å². The lowest BCUT2D eigenvalue weighted by Crippen LogP contribution is -2.63. The van der Waals surface area contributed by atoms with Crippen LogP contribution in [-0.4, -0.2) is 79.4 Å². The van der Waals surface area contributed by atoms with Crippen molar-refractivity contribution in [2.45, 2.75) is 57.2 Å². The van der Waals surface area contributed by atoms with Gasteiger partial charge in [0, 0.05) is 19.0 Å². The Balaban J connectivity index is 1.37. The molecule has 4 aliphatic heterocycles. The second-order valence-corrected chi connectivity index (χ2v) is 8.07. The fourth-order valence-electron chi connectivity index (χ4n) is 5.15. The van der Waals surface area contributed by atoms with E-state index in [0.29, 0.717) is 32.3 Å². The van der Waals surface area contributed by atoms with E-state index in [1.54, 1.807) is 0 Å². The predicted octanol–water partition coefficient (Wildman–Crippen LogP) is 0.977. The number of hydrogen-bond donors (Lipinski definition) is 1. The van der Waals surface area contributed by atoms with Crippen molar-refractivity contribution < 1.29 is 19.1 Å². The molecule has 1 spiro atoms. The van der Waals surface area contributed by atoms with Gasteiger partial charge in [0.05, 0.1) is 31.9 Å². The molecule has 2 atom stereocenters. The Kier molecular flexibility index (Phi) is 4.62. The number of nitrogens with one attached hydrogen (secondary N) is 1. The zero-order valence-corrected chi connectivity index (χ0v) is 15.0. The summed E-state index contributed by atoms with van der Waals surface area (Å²) in [5, 5.41) is 3.00. The molecule has 4 aliphatic rings. The molecule has 140 valence electrons. The van der Waals surface area contributed by atoms with Gasteiger partial charge in [-0.2, -0.15) is 0 Å². The number of morpholine rings is 1. The third-order valence-corrected chi connectivity index (χ3v) is 6.55. The monoisotopic (exact) mass is 351 g/mol. The first kappa shape index (κ1) is 17.1. The lowest BCUT2D eigenvalue weighted by Gasteiger charge is -2.51. The minimum atomic E-state index is -0.188. The summed E-state index contributed by atoms with van der Waals surface area (Å²) in [4.78, 5) is 28.4. The predicted molar refractivity (Wildman–Crippen MR) is 91.1 cm³/mol. The molecule has 4 fully saturated rings. The standard InChI is InChI=1S/C18H29N3O4/c1-2-25-17(23)21-14-7-13(8-15(21)11-24-10-14)20-5-3-18(4-6-20)9-16(22)19-12-18/h13-15H,2-12H2,1H3,(H,19,22). The SMILES string of the molecule is CCOC(=O)N1C2COCC1CC(N1CCC3(CC1)CNC(=O)C3)C2. The number of rotatable bonds is 2. The van der Waals surface area contributed by atoms with Crippen LogP contribution in [0.4, 0.5) is 4.79 Å². The zero-order valence-electron chi connectivity index (χ0n) is 15.0. The van der Waals surface area contributed by atoms with Gasteiger partial charge < -0.3 is 19.7 Å². The summed E-state index contributed by atoms with van der Waals surface area (Å²) in [6, 6.07) is 0.760. The number of hydrogen-bond acceptors (Lipinski definition) is 5. The Bertz CT molecular complexity index is 518. The van der Waals surface area contributed by atoms with Crippen LogP contribution >= 0.6 is 0 Å². The summed E-state index contributed by atoms with van der Waals surface area (Å²) >= 11 is 0. The first-order valence-electron chi connectivity index (χ1n) is 9.64. The number of ether oxygens (including phenoxy) is 2. The minimum absolute atomic E-state index is 0.127. The van der Waals surface area contributed by atoms with Gasteiger partial charge in [-0.1, -0.05) is 0 Å². The van der Waals surface area contributed by atoms with Crippen molar-refractivity contribution in [3.63, 3.8) is 0 Å². The van der Waals surface area contributed by atoms with Gasteiger partial charge in [0.1, 0.15) is 0 Å². The Morgan fingerprint density at radius 2 is 1.92 bits per heavy atom. The van der Waals surface area contributed by atoms with Crippen molar-refractivity contribution >= 4 is 12.0 Å². The van der Waals surface area contributed by atoms with Gasteiger partial charge >= 0.3 is 6.09 Å². The number of carbonyl (C=O) groups excluding carboxylic acids is 2. The molecule has 0 aromatic heterocycles. The number of nitrogens with zero attached hydrogens (tertiary/aromatic N) is 2. The molecule has 2 unspecified atom stereocenters. The van der Waals surface area contributed by atoms with E-state index in [9.17, 15) is 9.59 Å². The van der Waals surface area contributed by atoms with E-state index in [1.807, 2.05) is 11.8 Å². The van der Waals surface area contributed by atoms with Gasteiger partial charge in [-0.3, -0.25) is 9.69 Å². The molecule has 1 N–H and O–H groups in total. The Morgan fingerprint density at radius 1 is 1.24 bits per heavy atom. The van der Waals surface area contributed by atoms with Crippen LogP contribution in [0.25, 0.3) is 0 Å².